The van der Waals surface area contributed by atoms with Crippen LogP contribution in [-0.2, 0) is 33.3 Å². The van der Waals surface area contributed by atoms with Crippen molar-refractivity contribution >= 4 is 23.5 Å². The molecular weight excluding hydrogens is 580 g/mol. The van der Waals surface area contributed by atoms with Crippen LogP contribution < -0.4 is 0 Å². The van der Waals surface area contributed by atoms with Gasteiger partial charge in [-0.05, 0) is 76.0 Å². The minimum atomic E-state index is -1.03. The molecule has 240 valence electrons. The number of hydrogen-bond donors (Lipinski definition) is 0. The van der Waals surface area contributed by atoms with Gasteiger partial charge in [-0.3, -0.25) is 0 Å². The monoisotopic (exact) mass is 622 g/mol. The Kier molecular flexibility index (Phi) is 11.7. The number of esters is 3. The van der Waals surface area contributed by atoms with Crippen LogP contribution in [0.15, 0.2) is 121 Å². The van der Waals surface area contributed by atoms with Crippen molar-refractivity contribution in [2.45, 2.75) is 77.8 Å². The second kappa shape index (κ2) is 15.9. The van der Waals surface area contributed by atoms with Crippen LogP contribution in [0.5, 0.6) is 0 Å². The first-order valence-electron chi connectivity index (χ1n) is 15.6. The van der Waals surface area contributed by atoms with Gasteiger partial charge in [0.1, 0.15) is 6.10 Å². The highest BCUT2D eigenvalue weighted by molar-refractivity contribution is 6.03. The van der Waals surface area contributed by atoms with E-state index < -0.39 is 48.1 Å². The summed E-state index contributed by atoms with van der Waals surface area (Å²) in [6, 6.07) is 28.7. The molecule has 3 aromatic rings. The fourth-order valence-electron chi connectivity index (χ4n) is 5.41. The molecule has 0 amide bonds. The van der Waals surface area contributed by atoms with Crippen molar-refractivity contribution in [3.05, 3.63) is 137 Å². The van der Waals surface area contributed by atoms with E-state index in [4.69, 9.17) is 18.9 Å². The summed E-state index contributed by atoms with van der Waals surface area (Å²) in [4.78, 5) is 40.6. The molecule has 3 atom stereocenters. The minimum Gasteiger partial charge on any atom is -0.478 e. The third-order valence-electron chi connectivity index (χ3n) is 7.17. The summed E-state index contributed by atoms with van der Waals surface area (Å²) in [6.45, 7) is 10.6. The second-order valence-corrected chi connectivity index (χ2v) is 11.9. The van der Waals surface area contributed by atoms with E-state index in [1.165, 1.54) is 6.08 Å². The zero-order valence-electron chi connectivity index (χ0n) is 27.2. The molecule has 4 rings (SSSR count). The van der Waals surface area contributed by atoms with E-state index in [1.807, 2.05) is 91.0 Å². The van der Waals surface area contributed by atoms with E-state index in [-0.39, 0.29) is 17.4 Å². The maximum absolute atomic E-state index is 14.3. The van der Waals surface area contributed by atoms with E-state index >= 15 is 0 Å². The van der Waals surface area contributed by atoms with Crippen molar-refractivity contribution < 1.29 is 33.3 Å². The lowest BCUT2D eigenvalue weighted by Crippen LogP contribution is -2.38. The molecule has 0 radical (unpaired) electrons. The fraction of sp³-hybridized carbons (Fsp3) is 0.308. The third kappa shape index (κ3) is 8.84. The van der Waals surface area contributed by atoms with Crippen molar-refractivity contribution in [2.24, 2.45) is 0 Å². The SMILES string of the molecule is CC(C)OC(=O)/C=C/C(=C(/C(=O)OC(C)C)[C@@H]1OC(C(=O)OC(C)C)=C[C@H](c2ccccc2)[C@H]1c1ccccc1)c1ccccc1. The predicted molar refractivity (Wildman–Crippen MR) is 178 cm³/mol. The molecule has 1 aliphatic rings. The Morgan fingerprint density at radius 2 is 1.17 bits per heavy atom. The summed E-state index contributed by atoms with van der Waals surface area (Å²) in [5, 5.41) is 0. The zero-order valence-corrected chi connectivity index (χ0v) is 27.2. The van der Waals surface area contributed by atoms with Gasteiger partial charge in [-0.1, -0.05) is 91.0 Å². The Morgan fingerprint density at radius 1 is 0.652 bits per heavy atom. The minimum absolute atomic E-state index is 0.00908. The van der Waals surface area contributed by atoms with Gasteiger partial charge in [-0.25, -0.2) is 14.4 Å². The number of hydrogen-bond acceptors (Lipinski definition) is 7. The lowest BCUT2D eigenvalue weighted by molar-refractivity contribution is -0.150. The van der Waals surface area contributed by atoms with Gasteiger partial charge in [0.25, 0.3) is 0 Å². The molecular formula is C39H42O7. The molecule has 0 spiro atoms. The van der Waals surface area contributed by atoms with Gasteiger partial charge in [0.2, 0.25) is 5.76 Å². The van der Waals surface area contributed by atoms with E-state index in [9.17, 15) is 14.4 Å². The van der Waals surface area contributed by atoms with Crippen LogP contribution in [0.25, 0.3) is 5.57 Å². The number of ether oxygens (including phenoxy) is 4. The average Bonchev–Trinajstić information content (AvgIpc) is 3.02. The maximum Gasteiger partial charge on any atom is 0.373 e. The van der Waals surface area contributed by atoms with Crippen molar-refractivity contribution in [1.82, 2.24) is 0 Å². The molecule has 0 saturated heterocycles. The average molecular weight is 623 g/mol. The molecule has 0 bridgehead atoms. The Labute approximate surface area is 271 Å². The molecule has 1 aliphatic heterocycles. The van der Waals surface area contributed by atoms with Gasteiger partial charge in [0.05, 0.1) is 23.9 Å². The largest absolute Gasteiger partial charge is 0.478 e. The molecule has 0 aromatic heterocycles. The Bertz CT molecular complexity index is 1570. The first kappa shape index (κ1) is 34.0. The fourth-order valence-corrected chi connectivity index (χ4v) is 5.41. The number of allylic oxidation sites excluding steroid dienone is 3. The van der Waals surface area contributed by atoms with Crippen LogP contribution in [-0.4, -0.2) is 42.3 Å². The van der Waals surface area contributed by atoms with Gasteiger partial charge in [-0.15, -0.1) is 0 Å². The number of carbonyl (C=O) groups is 3. The molecule has 3 aromatic carbocycles. The van der Waals surface area contributed by atoms with Crippen LogP contribution in [0, 0.1) is 0 Å². The van der Waals surface area contributed by atoms with E-state index in [2.05, 4.69) is 0 Å². The van der Waals surface area contributed by atoms with Gasteiger partial charge in [0.15, 0.2) is 0 Å². The van der Waals surface area contributed by atoms with Gasteiger partial charge in [-0.2, -0.15) is 0 Å². The van der Waals surface area contributed by atoms with E-state index in [0.717, 1.165) is 11.1 Å². The molecule has 46 heavy (non-hydrogen) atoms. The standard InChI is InChI=1S/C39H42O7/c1-25(2)43-34(40)23-22-31(28-16-10-7-11-17-28)36(39(42)45-27(5)6)37-35(30-20-14-9-15-21-30)32(29-18-12-8-13-19-29)24-33(46-37)38(41)44-26(3)4/h7-27,32,35,37H,1-6H3/b23-22+,36-31-/t32-,35-,37-/m1/s1. The molecule has 0 fully saturated rings. The first-order valence-corrected chi connectivity index (χ1v) is 15.6. The first-order chi connectivity index (χ1) is 22.0. The normalized spacial score (nSPS) is 18.5. The molecule has 0 N–H and O–H groups in total. The predicted octanol–water partition coefficient (Wildman–Crippen LogP) is 7.70. The highest BCUT2D eigenvalue weighted by atomic mass is 16.6. The summed E-state index contributed by atoms with van der Waals surface area (Å²) in [5.74, 6) is -2.72. The number of carbonyl (C=O) groups excluding carboxylic acids is 3. The number of benzene rings is 3. The molecule has 0 aliphatic carbocycles. The summed E-state index contributed by atoms with van der Waals surface area (Å²) >= 11 is 0. The van der Waals surface area contributed by atoms with E-state index in [1.54, 1.807) is 53.7 Å². The smallest absolute Gasteiger partial charge is 0.373 e. The number of rotatable bonds is 11. The van der Waals surface area contributed by atoms with Crippen molar-refractivity contribution in [3.8, 4) is 0 Å². The van der Waals surface area contributed by atoms with Gasteiger partial charge < -0.3 is 18.9 Å². The Balaban J connectivity index is 2.06. The molecule has 7 heteroatoms. The Hall–Kier alpha value is -4.91. The topological polar surface area (TPSA) is 88.1 Å². The van der Waals surface area contributed by atoms with Gasteiger partial charge >= 0.3 is 17.9 Å². The summed E-state index contributed by atoms with van der Waals surface area (Å²) in [6.07, 6.45) is 2.42. The maximum atomic E-state index is 14.3. The molecule has 0 saturated carbocycles. The van der Waals surface area contributed by atoms with Crippen LogP contribution in [0.4, 0.5) is 0 Å². The second-order valence-electron chi connectivity index (χ2n) is 11.9. The molecule has 1 heterocycles. The van der Waals surface area contributed by atoms with Crippen LogP contribution in [0.2, 0.25) is 0 Å². The van der Waals surface area contributed by atoms with Crippen molar-refractivity contribution in [2.75, 3.05) is 0 Å². The molecule has 0 unspecified atom stereocenters. The quantitative estimate of drug-likeness (QED) is 0.0937. The lowest BCUT2D eigenvalue weighted by Gasteiger charge is -2.39. The highest BCUT2D eigenvalue weighted by Gasteiger charge is 2.44. The van der Waals surface area contributed by atoms with Crippen molar-refractivity contribution in [3.63, 3.8) is 0 Å². The van der Waals surface area contributed by atoms with Gasteiger partial charge in [0, 0.05) is 17.9 Å². The lowest BCUT2D eigenvalue weighted by atomic mass is 9.73. The Morgan fingerprint density at radius 3 is 1.72 bits per heavy atom. The van der Waals surface area contributed by atoms with Crippen LogP contribution >= 0.6 is 0 Å². The third-order valence-corrected chi connectivity index (χ3v) is 7.17. The van der Waals surface area contributed by atoms with Crippen LogP contribution in [0.3, 0.4) is 0 Å². The summed E-state index contributed by atoms with van der Waals surface area (Å²) < 4.78 is 23.4. The summed E-state index contributed by atoms with van der Waals surface area (Å²) in [5.41, 5.74) is 3.03. The highest BCUT2D eigenvalue weighted by Crippen LogP contribution is 2.47. The van der Waals surface area contributed by atoms with Crippen molar-refractivity contribution in [1.29, 1.82) is 0 Å². The van der Waals surface area contributed by atoms with Crippen LogP contribution in [0.1, 0.15) is 70.1 Å². The summed E-state index contributed by atoms with van der Waals surface area (Å²) in [7, 11) is 0. The molecule has 7 nitrogen and oxygen atoms in total. The van der Waals surface area contributed by atoms with E-state index in [0.29, 0.717) is 11.1 Å². The zero-order chi connectivity index (χ0) is 33.2.